The van der Waals surface area contributed by atoms with Gasteiger partial charge in [0.05, 0.1) is 5.56 Å². The third-order valence-corrected chi connectivity index (χ3v) is 5.66. The maximum absolute atomic E-state index is 12.5. The molecule has 0 saturated carbocycles. The van der Waals surface area contributed by atoms with Crippen LogP contribution in [0.1, 0.15) is 40.7 Å². The van der Waals surface area contributed by atoms with Crippen LogP contribution in [0, 0.1) is 6.92 Å². The normalized spacial score (nSPS) is 12.8. The first-order chi connectivity index (χ1) is 14.5. The second-order valence-corrected chi connectivity index (χ2v) is 7.91. The third kappa shape index (κ3) is 3.77. The number of carbonyl (C=O) groups excluding carboxylic acids is 1. The van der Waals surface area contributed by atoms with Gasteiger partial charge in [-0.05, 0) is 48.7 Å². The number of hydrogen-bond donors (Lipinski definition) is 1. The van der Waals surface area contributed by atoms with Crippen LogP contribution in [0.25, 0.3) is 11.1 Å². The molecular weight excluding hydrogens is 400 g/mol. The number of primary amides is 1. The number of fused-ring (bicyclic) bond motifs is 1. The van der Waals surface area contributed by atoms with Crippen LogP contribution in [0.2, 0.25) is 5.02 Å². The van der Waals surface area contributed by atoms with Gasteiger partial charge in [0.25, 0.3) is 5.91 Å². The summed E-state index contributed by atoms with van der Waals surface area (Å²) in [5.41, 5.74) is 11.2. The van der Waals surface area contributed by atoms with Crippen LogP contribution >= 0.6 is 11.6 Å². The van der Waals surface area contributed by atoms with E-state index >= 15 is 0 Å². The monoisotopic (exact) mass is 424 g/mol. The number of halogens is 1. The molecule has 1 amide bonds. The van der Waals surface area contributed by atoms with Crippen LogP contribution in [0.3, 0.4) is 0 Å². The smallest absolute Gasteiger partial charge is 0.251 e. The second-order valence-electron chi connectivity index (χ2n) is 7.47. The van der Waals surface area contributed by atoms with E-state index in [-0.39, 0.29) is 0 Å². The van der Waals surface area contributed by atoms with Gasteiger partial charge in [0.15, 0.2) is 11.5 Å². The molecule has 5 nitrogen and oxygen atoms in total. The highest BCUT2D eigenvalue weighted by Crippen LogP contribution is 2.39. The van der Waals surface area contributed by atoms with Crippen molar-refractivity contribution in [3.05, 3.63) is 70.0 Å². The van der Waals surface area contributed by atoms with Crippen molar-refractivity contribution in [2.24, 2.45) is 5.73 Å². The summed E-state index contributed by atoms with van der Waals surface area (Å²) in [4.78, 5) is 12.5. The van der Waals surface area contributed by atoms with E-state index in [4.69, 9.17) is 26.8 Å². The summed E-state index contributed by atoms with van der Waals surface area (Å²) in [6.45, 7) is 5.74. The Balaban J connectivity index is 1.89. The lowest BCUT2D eigenvalue weighted by molar-refractivity contribution is 0.1000. The number of carbonyl (C=O) groups is 1. The number of rotatable bonds is 6. The Bertz CT molecular complexity index is 1100. The van der Waals surface area contributed by atoms with Crippen LogP contribution < -0.4 is 15.2 Å². The highest BCUT2D eigenvalue weighted by atomic mass is 35.5. The fraction of sp³-hybridized carbons (Fsp3) is 0.292. The molecule has 1 aromatic heterocycles. The molecule has 1 aliphatic rings. The first-order valence-corrected chi connectivity index (χ1v) is 10.5. The van der Waals surface area contributed by atoms with Crippen LogP contribution in [-0.2, 0) is 13.0 Å². The first kappa shape index (κ1) is 20.4. The average molecular weight is 425 g/mol. The number of ether oxygens (including phenoxy) is 2. The molecule has 2 heterocycles. The second kappa shape index (κ2) is 8.44. The van der Waals surface area contributed by atoms with E-state index in [2.05, 4.69) is 11.5 Å². The van der Waals surface area contributed by atoms with E-state index in [1.807, 2.05) is 49.4 Å². The molecule has 6 heteroatoms. The summed E-state index contributed by atoms with van der Waals surface area (Å²) in [6, 6.07) is 13.6. The molecule has 0 bridgehead atoms. The predicted molar refractivity (Wildman–Crippen MR) is 119 cm³/mol. The summed E-state index contributed by atoms with van der Waals surface area (Å²) in [5.74, 6) is 0.981. The van der Waals surface area contributed by atoms with Gasteiger partial charge in [-0.1, -0.05) is 43.1 Å². The zero-order chi connectivity index (χ0) is 21.3. The SMILES string of the molecule is CCCc1c(-c2ccc3c(c2)OCCO3)c(C(N)=O)c(C)n1Cc1cccc(Cl)c1. The maximum Gasteiger partial charge on any atom is 0.251 e. The minimum absolute atomic E-state index is 0.431. The Morgan fingerprint density at radius 2 is 1.90 bits per heavy atom. The number of hydrogen-bond acceptors (Lipinski definition) is 3. The molecule has 3 aromatic rings. The molecule has 156 valence electrons. The van der Waals surface area contributed by atoms with Gasteiger partial charge in [0.2, 0.25) is 0 Å². The lowest BCUT2D eigenvalue weighted by atomic mass is 9.97. The van der Waals surface area contributed by atoms with Crippen molar-refractivity contribution in [2.75, 3.05) is 13.2 Å². The van der Waals surface area contributed by atoms with Gasteiger partial charge in [0.1, 0.15) is 13.2 Å². The van der Waals surface area contributed by atoms with Crippen molar-refractivity contribution in [3.63, 3.8) is 0 Å². The van der Waals surface area contributed by atoms with Crippen molar-refractivity contribution in [1.82, 2.24) is 4.57 Å². The molecule has 2 aromatic carbocycles. The minimum atomic E-state index is -0.431. The zero-order valence-electron chi connectivity index (χ0n) is 17.2. The van der Waals surface area contributed by atoms with E-state index in [1.165, 1.54) is 0 Å². The van der Waals surface area contributed by atoms with Crippen molar-refractivity contribution in [1.29, 1.82) is 0 Å². The summed E-state index contributed by atoms with van der Waals surface area (Å²) in [7, 11) is 0. The van der Waals surface area contributed by atoms with Crippen molar-refractivity contribution < 1.29 is 14.3 Å². The first-order valence-electron chi connectivity index (χ1n) is 10.2. The molecule has 0 unspecified atom stereocenters. The van der Waals surface area contributed by atoms with Crippen LogP contribution in [0.4, 0.5) is 0 Å². The van der Waals surface area contributed by atoms with Gasteiger partial charge in [-0.2, -0.15) is 0 Å². The Labute approximate surface area is 181 Å². The highest BCUT2D eigenvalue weighted by molar-refractivity contribution is 6.30. The van der Waals surface area contributed by atoms with Crippen molar-refractivity contribution >= 4 is 17.5 Å². The maximum atomic E-state index is 12.5. The summed E-state index contributed by atoms with van der Waals surface area (Å²) in [6.07, 6.45) is 1.76. The molecular formula is C24H25ClN2O3. The number of benzene rings is 2. The van der Waals surface area contributed by atoms with Crippen LogP contribution in [0.15, 0.2) is 42.5 Å². The van der Waals surface area contributed by atoms with Crippen molar-refractivity contribution in [2.45, 2.75) is 33.2 Å². The molecule has 0 saturated heterocycles. The van der Waals surface area contributed by atoms with E-state index in [0.29, 0.717) is 36.1 Å². The van der Waals surface area contributed by atoms with Crippen molar-refractivity contribution in [3.8, 4) is 22.6 Å². The topological polar surface area (TPSA) is 66.5 Å². The molecule has 1 aliphatic heterocycles. The number of amides is 1. The minimum Gasteiger partial charge on any atom is -0.486 e. The van der Waals surface area contributed by atoms with Gasteiger partial charge in [-0.3, -0.25) is 4.79 Å². The lowest BCUT2D eigenvalue weighted by Crippen LogP contribution is -2.15. The van der Waals surface area contributed by atoms with Crippen LogP contribution in [0.5, 0.6) is 11.5 Å². The van der Waals surface area contributed by atoms with Gasteiger partial charge >= 0.3 is 0 Å². The third-order valence-electron chi connectivity index (χ3n) is 5.42. The predicted octanol–water partition coefficient (Wildman–Crippen LogP) is 4.99. The highest BCUT2D eigenvalue weighted by Gasteiger charge is 2.25. The molecule has 0 aliphatic carbocycles. The molecule has 0 radical (unpaired) electrons. The van der Waals surface area contributed by atoms with Gasteiger partial charge in [-0.15, -0.1) is 0 Å². The molecule has 0 fully saturated rings. The summed E-state index contributed by atoms with van der Waals surface area (Å²) >= 11 is 6.19. The summed E-state index contributed by atoms with van der Waals surface area (Å²) < 4.78 is 13.6. The van der Waals surface area contributed by atoms with Gasteiger partial charge < -0.3 is 19.8 Å². The molecule has 4 rings (SSSR count). The number of nitrogens with zero attached hydrogens (tertiary/aromatic N) is 1. The quantitative estimate of drug-likeness (QED) is 0.606. The van der Waals surface area contributed by atoms with E-state index < -0.39 is 5.91 Å². The largest absolute Gasteiger partial charge is 0.486 e. The summed E-state index contributed by atoms with van der Waals surface area (Å²) in [5, 5.41) is 0.691. The Morgan fingerprint density at radius 1 is 1.13 bits per heavy atom. The van der Waals surface area contributed by atoms with Gasteiger partial charge in [0, 0.05) is 28.5 Å². The van der Waals surface area contributed by atoms with Crippen LogP contribution in [-0.4, -0.2) is 23.7 Å². The van der Waals surface area contributed by atoms with E-state index in [1.54, 1.807) is 0 Å². The fourth-order valence-electron chi connectivity index (χ4n) is 4.14. The number of aromatic nitrogens is 1. The van der Waals surface area contributed by atoms with E-state index in [9.17, 15) is 4.79 Å². The van der Waals surface area contributed by atoms with Gasteiger partial charge in [-0.25, -0.2) is 0 Å². The Hall–Kier alpha value is -2.92. The zero-order valence-corrected chi connectivity index (χ0v) is 18.0. The molecule has 0 atom stereocenters. The standard InChI is InChI=1S/C24H25ClN2O3/c1-3-5-19-23(17-8-9-20-21(13-17)30-11-10-29-20)22(24(26)28)15(2)27(19)14-16-6-4-7-18(25)12-16/h4,6-9,12-13H,3,5,10-11,14H2,1-2H3,(H2,26,28). The fourth-order valence-corrected chi connectivity index (χ4v) is 4.35. The Morgan fingerprint density at radius 3 is 2.60 bits per heavy atom. The Kier molecular flexibility index (Phi) is 5.73. The molecule has 2 N–H and O–H groups in total. The lowest BCUT2D eigenvalue weighted by Gasteiger charge is -2.19. The molecule has 0 spiro atoms. The number of nitrogens with two attached hydrogens (primary N) is 1. The average Bonchev–Trinajstić information content (AvgIpc) is 3.00. The molecule has 30 heavy (non-hydrogen) atoms. The van der Waals surface area contributed by atoms with E-state index in [0.717, 1.165) is 46.7 Å².